The highest BCUT2D eigenvalue weighted by molar-refractivity contribution is 5.92. The van der Waals surface area contributed by atoms with Gasteiger partial charge in [0, 0.05) is 18.3 Å². The number of rotatable bonds is 7. The highest BCUT2D eigenvalue weighted by Gasteiger charge is 2.29. The summed E-state index contributed by atoms with van der Waals surface area (Å²) in [4.78, 5) is 14.0. The molecule has 0 unspecified atom stereocenters. The lowest BCUT2D eigenvalue weighted by molar-refractivity contribution is -0.117. The molecule has 106 valence electrons. The van der Waals surface area contributed by atoms with Gasteiger partial charge in [0.2, 0.25) is 5.91 Å². The van der Waals surface area contributed by atoms with E-state index in [4.69, 9.17) is 10.4 Å². The van der Waals surface area contributed by atoms with E-state index in [2.05, 4.69) is 11.4 Å². The molecule has 5 heteroatoms. The van der Waals surface area contributed by atoms with Crippen molar-refractivity contribution in [3.8, 4) is 6.07 Å². The van der Waals surface area contributed by atoms with Crippen LogP contribution in [0, 0.1) is 11.3 Å². The van der Waals surface area contributed by atoms with Gasteiger partial charge in [-0.2, -0.15) is 5.26 Å². The van der Waals surface area contributed by atoms with E-state index < -0.39 is 0 Å². The van der Waals surface area contributed by atoms with Crippen molar-refractivity contribution in [3.63, 3.8) is 0 Å². The zero-order chi connectivity index (χ0) is 14.4. The Kier molecular flexibility index (Phi) is 5.10. The number of amides is 1. The lowest BCUT2D eigenvalue weighted by atomic mass is 10.1. The zero-order valence-electron chi connectivity index (χ0n) is 11.4. The molecule has 0 aromatic heterocycles. The highest BCUT2D eigenvalue weighted by Crippen LogP contribution is 2.26. The number of anilines is 1. The number of nitrogens with one attached hydrogen (secondary N) is 1. The molecule has 20 heavy (non-hydrogen) atoms. The topological polar surface area (TPSA) is 76.4 Å². The maximum Gasteiger partial charge on any atom is 0.238 e. The molecule has 2 rings (SSSR count). The fraction of sp³-hybridized carbons (Fsp3) is 0.467. The molecule has 0 radical (unpaired) electrons. The van der Waals surface area contributed by atoms with Gasteiger partial charge in [-0.3, -0.25) is 9.69 Å². The molecule has 1 saturated carbocycles. The Bertz CT molecular complexity index is 489. The van der Waals surface area contributed by atoms with Gasteiger partial charge in [0.1, 0.15) is 0 Å². The molecule has 0 saturated heterocycles. The van der Waals surface area contributed by atoms with E-state index >= 15 is 0 Å². The lowest BCUT2D eigenvalue weighted by Crippen LogP contribution is -2.36. The average Bonchev–Trinajstić information content (AvgIpc) is 3.25. The van der Waals surface area contributed by atoms with Crippen LogP contribution >= 0.6 is 0 Å². The third-order valence-corrected chi connectivity index (χ3v) is 3.32. The maximum atomic E-state index is 12.0. The SMILES string of the molecule is N#CCc1ccc(NC(=O)CN(CCO)C2CC2)cc1. The van der Waals surface area contributed by atoms with Gasteiger partial charge in [0.25, 0.3) is 0 Å². The Morgan fingerprint density at radius 1 is 1.40 bits per heavy atom. The van der Waals surface area contributed by atoms with Crippen molar-refractivity contribution in [2.45, 2.75) is 25.3 Å². The van der Waals surface area contributed by atoms with Crippen LogP contribution in [-0.4, -0.2) is 41.7 Å². The van der Waals surface area contributed by atoms with Crippen molar-refractivity contribution in [1.82, 2.24) is 4.90 Å². The number of nitriles is 1. The standard InChI is InChI=1S/C15H19N3O2/c16-8-7-12-1-3-13(4-2-12)17-15(20)11-18(9-10-19)14-5-6-14/h1-4,14,19H,5-7,9-11H2,(H,17,20). The summed E-state index contributed by atoms with van der Waals surface area (Å²) >= 11 is 0. The Morgan fingerprint density at radius 3 is 2.65 bits per heavy atom. The van der Waals surface area contributed by atoms with Crippen molar-refractivity contribution in [1.29, 1.82) is 5.26 Å². The summed E-state index contributed by atoms with van der Waals surface area (Å²) in [5.74, 6) is -0.0709. The molecule has 1 fully saturated rings. The van der Waals surface area contributed by atoms with Crippen LogP contribution in [0.1, 0.15) is 18.4 Å². The van der Waals surface area contributed by atoms with E-state index in [9.17, 15) is 4.79 Å². The monoisotopic (exact) mass is 273 g/mol. The van der Waals surface area contributed by atoms with Crippen LogP contribution in [0.3, 0.4) is 0 Å². The first-order chi connectivity index (χ1) is 9.72. The zero-order valence-corrected chi connectivity index (χ0v) is 11.4. The predicted molar refractivity (Wildman–Crippen MR) is 76.1 cm³/mol. The second kappa shape index (κ2) is 7.04. The molecule has 1 amide bonds. The van der Waals surface area contributed by atoms with Gasteiger partial charge in [0.15, 0.2) is 0 Å². The van der Waals surface area contributed by atoms with Gasteiger partial charge in [-0.15, -0.1) is 0 Å². The van der Waals surface area contributed by atoms with E-state index in [1.807, 2.05) is 17.0 Å². The minimum Gasteiger partial charge on any atom is -0.395 e. The molecule has 1 aromatic rings. The van der Waals surface area contributed by atoms with Crippen molar-refractivity contribution >= 4 is 11.6 Å². The van der Waals surface area contributed by atoms with Crippen molar-refractivity contribution in [2.75, 3.05) is 25.0 Å². The minimum atomic E-state index is -0.0709. The van der Waals surface area contributed by atoms with Crippen LogP contribution in [0.5, 0.6) is 0 Å². The number of nitrogens with zero attached hydrogens (tertiary/aromatic N) is 2. The number of carbonyl (C=O) groups excluding carboxylic acids is 1. The van der Waals surface area contributed by atoms with E-state index in [0.717, 1.165) is 24.1 Å². The largest absolute Gasteiger partial charge is 0.395 e. The second-order valence-corrected chi connectivity index (χ2v) is 5.01. The summed E-state index contributed by atoms with van der Waals surface area (Å²) in [6.45, 7) is 0.928. The molecular formula is C15H19N3O2. The van der Waals surface area contributed by atoms with Gasteiger partial charge >= 0.3 is 0 Å². The van der Waals surface area contributed by atoms with Crippen molar-refractivity contribution in [2.24, 2.45) is 0 Å². The summed E-state index contributed by atoms with van der Waals surface area (Å²) in [7, 11) is 0. The molecule has 1 aliphatic carbocycles. The van der Waals surface area contributed by atoms with Crippen LogP contribution in [0.25, 0.3) is 0 Å². The Morgan fingerprint density at radius 2 is 2.10 bits per heavy atom. The Hall–Kier alpha value is -1.90. The van der Waals surface area contributed by atoms with E-state index in [1.54, 1.807) is 12.1 Å². The molecule has 0 bridgehead atoms. The van der Waals surface area contributed by atoms with Gasteiger partial charge in [-0.1, -0.05) is 12.1 Å². The first-order valence-electron chi connectivity index (χ1n) is 6.83. The number of hydrogen-bond acceptors (Lipinski definition) is 4. The van der Waals surface area contributed by atoms with E-state index in [-0.39, 0.29) is 12.5 Å². The third-order valence-electron chi connectivity index (χ3n) is 3.32. The van der Waals surface area contributed by atoms with E-state index in [0.29, 0.717) is 25.6 Å². The van der Waals surface area contributed by atoms with Gasteiger partial charge in [-0.05, 0) is 30.5 Å². The highest BCUT2D eigenvalue weighted by atomic mass is 16.3. The number of aliphatic hydroxyl groups excluding tert-OH is 1. The first kappa shape index (κ1) is 14.5. The molecule has 0 aliphatic heterocycles. The maximum absolute atomic E-state index is 12.0. The molecule has 0 heterocycles. The van der Waals surface area contributed by atoms with Gasteiger partial charge in [-0.25, -0.2) is 0 Å². The number of hydrogen-bond donors (Lipinski definition) is 2. The summed E-state index contributed by atoms with van der Waals surface area (Å²) < 4.78 is 0. The fourth-order valence-corrected chi connectivity index (χ4v) is 2.14. The number of benzene rings is 1. The van der Waals surface area contributed by atoms with Crippen LogP contribution in [0.15, 0.2) is 24.3 Å². The molecule has 0 spiro atoms. The van der Waals surface area contributed by atoms with Crippen LogP contribution in [-0.2, 0) is 11.2 Å². The minimum absolute atomic E-state index is 0.0709. The average molecular weight is 273 g/mol. The van der Waals surface area contributed by atoms with Crippen LogP contribution < -0.4 is 5.32 Å². The lowest BCUT2D eigenvalue weighted by Gasteiger charge is -2.20. The van der Waals surface area contributed by atoms with Gasteiger partial charge < -0.3 is 10.4 Å². The molecule has 5 nitrogen and oxygen atoms in total. The fourth-order valence-electron chi connectivity index (χ4n) is 2.14. The van der Waals surface area contributed by atoms with Crippen LogP contribution in [0.4, 0.5) is 5.69 Å². The molecule has 0 atom stereocenters. The predicted octanol–water partition coefficient (Wildman–Crippen LogP) is 1.15. The number of carbonyl (C=O) groups is 1. The quantitative estimate of drug-likeness (QED) is 0.781. The van der Waals surface area contributed by atoms with Crippen LogP contribution in [0.2, 0.25) is 0 Å². The summed E-state index contributed by atoms with van der Waals surface area (Å²) in [6.07, 6.45) is 2.59. The van der Waals surface area contributed by atoms with Crippen molar-refractivity contribution in [3.05, 3.63) is 29.8 Å². The summed E-state index contributed by atoms with van der Waals surface area (Å²) in [5.41, 5.74) is 1.67. The summed E-state index contributed by atoms with van der Waals surface area (Å²) in [6, 6.07) is 9.82. The van der Waals surface area contributed by atoms with E-state index in [1.165, 1.54) is 0 Å². The Labute approximate surface area is 118 Å². The molecular weight excluding hydrogens is 254 g/mol. The second-order valence-electron chi connectivity index (χ2n) is 5.01. The first-order valence-corrected chi connectivity index (χ1v) is 6.83. The molecule has 1 aromatic carbocycles. The molecule has 1 aliphatic rings. The van der Waals surface area contributed by atoms with Gasteiger partial charge in [0.05, 0.1) is 25.6 Å². The normalized spacial score (nSPS) is 14.1. The van der Waals surface area contributed by atoms with Crippen molar-refractivity contribution < 1.29 is 9.90 Å². The molecule has 2 N–H and O–H groups in total. The smallest absolute Gasteiger partial charge is 0.238 e. The summed E-state index contributed by atoms with van der Waals surface area (Å²) in [5, 5.41) is 20.4. The number of aliphatic hydroxyl groups is 1. The third kappa shape index (κ3) is 4.34. The Balaban J connectivity index is 1.85.